The molecule has 0 spiro atoms. The number of aliphatic carboxylic acids is 1. The molecule has 0 saturated heterocycles. The summed E-state index contributed by atoms with van der Waals surface area (Å²) in [5, 5.41) is 9.25. The first kappa shape index (κ1) is 15.3. The summed E-state index contributed by atoms with van der Waals surface area (Å²) in [6.45, 7) is 0. The van der Waals surface area contributed by atoms with Crippen molar-refractivity contribution in [3.05, 3.63) is 65.2 Å². The number of halogens is 2. The van der Waals surface area contributed by atoms with Gasteiger partial charge in [-0.2, -0.15) is 0 Å². The molecule has 21 heavy (non-hydrogen) atoms. The molecule has 1 N–H and O–H groups in total. The van der Waals surface area contributed by atoms with Gasteiger partial charge in [-0.25, -0.2) is 13.6 Å². The molecule has 0 heterocycles. The molecule has 0 atom stereocenters. The van der Waals surface area contributed by atoms with Crippen molar-refractivity contribution in [2.24, 2.45) is 0 Å². The molecule has 0 saturated carbocycles. The molecule has 2 nitrogen and oxygen atoms in total. The van der Waals surface area contributed by atoms with E-state index in [1.54, 1.807) is 23.9 Å². The van der Waals surface area contributed by atoms with Crippen molar-refractivity contribution in [3.63, 3.8) is 0 Å². The van der Waals surface area contributed by atoms with Gasteiger partial charge in [0, 0.05) is 16.5 Å². The van der Waals surface area contributed by atoms with Crippen LogP contribution in [0.4, 0.5) is 8.78 Å². The van der Waals surface area contributed by atoms with Gasteiger partial charge in [0.05, 0.1) is 5.57 Å². The van der Waals surface area contributed by atoms with E-state index in [4.69, 9.17) is 0 Å². The van der Waals surface area contributed by atoms with Crippen molar-refractivity contribution in [1.29, 1.82) is 0 Å². The average molecular weight is 306 g/mol. The quantitative estimate of drug-likeness (QED) is 0.519. The first-order valence-corrected chi connectivity index (χ1v) is 7.28. The van der Waals surface area contributed by atoms with Crippen molar-refractivity contribution in [2.45, 2.75) is 4.90 Å². The normalized spacial score (nSPS) is 11.5. The predicted molar refractivity (Wildman–Crippen MR) is 80.1 cm³/mol. The molecular formula is C16H12F2O2S. The number of benzene rings is 2. The SMILES string of the molecule is CSc1ccc(C=C(C(=O)O)c2ccc(F)cc2F)cc1. The van der Waals surface area contributed by atoms with E-state index in [2.05, 4.69) is 0 Å². The molecule has 0 unspecified atom stereocenters. The van der Waals surface area contributed by atoms with Crippen LogP contribution in [0.1, 0.15) is 11.1 Å². The summed E-state index contributed by atoms with van der Waals surface area (Å²) in [5.74, 6) is -2.91. The molecule has 5 heteroatoms. The number of rotatable bonds is 4. The van der Waals surface area contributed by atoms with Crippen molar-refractivity contribution in [1.82, 2.24) is 0 Å². The van der Waals surface area contributed by atoms with Crippen LogP contribution in [0.5, 0.6) is 0 Å². The van der Waals surface area contributed by atoms with Gasteiger partial charge in [-0.15, -0.1) is 11.8 Å². The molecule has 2 rings (SSSR count). The molecule has 0 amide bonds. The summed E-state index contributed by atoms with van der Waals surface area (Å²) in [4.78, 5) is 12.4. The van der Waals surface area contributed by atoms with E-state index in [9.17, 15) is 18.7 Å². The van der Waals surface area contributed by atoms with Gasteiger partial charge >= 0.3 is 5.97 Å². The highest BCUT2D eigenvalue weighted by atomic mass is 32.2. The minimum atomic E-state index is -1.27. The van der Waals surface area contributed by atoms with Crippen LogP contribution in [0.3, 0.4) is 0 Å². The lowest BCUT2D eigenvalue weighted by Gasteiger charge is -2.05. The predicted octanol–water partition coefficient (Wildman–Crippen LogP) is 4.31. The third-order valence-electron chi connectivity index (χ3n) is 2.88. The lowest BCUT2D eigenvalue weighted by Crippen LogP contribution is -2.02. The van der Waals surface area contributed by atoms with Crippen molar-refractivity contribution >= 4 is 29.4 Å². The van der Waals surface area contributed by atoms with Crippen molar-refractivity contribution < 1.29 is 18.7 Å². The van der Waals surface area contributed by atoms with E-state index in [-0.39, 0.29) is 11.1 Å². The molecule has 2 aromatic carbocycles. The molecule has 108 valence electrons. The van der Waals surface area contributed by atoms with Crippen LogP contribution < -0.4 is 0 Å². The Labute approximate surface area is 125 Å². The van der Waals surface area contributed by atoms with Crippen molar-refractivity contribution in [2.75, 3.05) is 6.26 Å². The Morgan fingerprint density at radius 3 is 2.33 bits per heavy atom. The molecule has 0 bridgehead atoms. The van der Waals surface area contributed by atoms with Crippen LogP contribution in [0.15, 0.2) is 47.4 Å². The summed E-state index contributed by atoms with van der Waals surface area (Å²) >= 11 is 1.56. The highest BCUT2D eigenvalue weighted by Crippen LogP contribution is 2.23. The van der Waals surface area contributed by atoms with E-state index < -0.39 is 17.6 Å². The molecule has 0 radical (unpaired) electrons. The van der Waals surface area contributed by atoms with Crippen LogP contribution >= 0.6 is 11.8 Å². The van der Waals surface area contributed by atoms with Gasteiger partial charge < -0.3 is 5.11 Å². The lowest BCUT2D eigenvalue weighted by atomic mass is 10.0. The fourth-order valence-corrected chi connectivity index (χ4v) is 2.24. The Morgan fingerprint density at radius 2 is 1.81 bits per heavy atom. The maximum Gasteiger partial charge on any atom is 0.336 e. The van der Waals surface area contributed by atoms with Crippen LogP contribution in [0.25, 0.3) is 11.6 Å². The highest BCUT2D eigenvalue weighted by Gasteiger charge is 2.15. The molecule has 0 aliphatic heterocycles. The number of carboxylic acid groups (broad SMARTS) is 1. The lowest BCUT2D eigenvalue weighted by molar-refractivity contribution is -0.130. The van der Waals surface area contributed by atoms with Gasteiger partial charge in [-0.1, -0.05) is 12.1 Å². The first-order chi connectivity index (χ1) is 10.0. The van der Waals surface area contributed by atoms with E-state index in [1.807, 2.05) is 18.4 Å². The van der Waals surface area contributed by atoms with Gasteiger partial charge in [0.1, 0.15) is 11.6 Å². The van der Waals surface area contributed by atoms with Gasteiger partial charge in [0.2, 0.25) is 0 Å². The molecule has 0 fully saturated rings. The minimum absolute atomic E-state index is 0.141. The van der Waals surface area contributed by atoms with Crippen LogP contribution in [-0.4, -0.2) is 17.3 Å². The third kappa shape index (κ3) is 3.70. The Balaban J connectivity index is 2.46. The zero-order valence-corrected chi connectivity index (χ0v) is 12.0. The number of carboxylic acids is 1. The zero-order valence-electron chi connectivity index (χ0n) is 11.1. The monoisotopic (exact) mass is 306 g/mol. The summed E-state index contributed by atoms with van der Waals surface area (Å²) in [7, 11) is 0. The van der Waals surface area contributed by atoms with Gasteiger partial charge in [0.25, 0.3) is 0 Å². The Bertz CT molecular complexity index is 694. The summed E-state index contributed by atoms with van der Waals surface area (Å²) in [5.41, 5.74) is 0.274. The van der Waals surface area contributed by atoms with Crippen LogP contribution in [0.2, 0.25) is 0 Å². The molecular weight excluding hydrogens is 294 g/mol. The van der Waals surface area contributed by atoms with Crippen LogP contribution in [-0.2, 0) is 4.79 Å². The second-order valence-electron chi connectivity index (χ2n) is 4.26. The van der Waals surface area contributed by atoms with Gasteiger partial charge in [-0.05, 0) is 42.2 Å². The maximum atomic E-state index is 13.7. The zero-order chi connectivity index (χ0) is 15.4. The second kappa shape index (κ2) is 6.54. The second-order valence-corrected chi connectivity index (χ2v) is 5.14. The Morgan fingerprint density at radius 1 is 1.14 bits per heavy atom. The number of thioether (sulfide) groups is 1. The van der Waals surface area contributed by atoms with Crippen molar-refractivity contribution in [3.8, 4) is 0 Å². The molecule has 0 aliphatic rings. The smallest absolute Gasteiger partial charge is 0.336 e. The Hall–Kier alpha value is -2.14. The average Bonchev–Trinajstić information content (AvgIpc) is 2.46. The number of carbonyl (C=O) groups is 1. The van der Waals surface area contributed by atoms with Gasteiger partial charge in [-0.3, -0.25) is 0 Å². The Kier molecular flexibility index (Phi) is 4.75. The molecule has 0 aromatic heterocycles. The topological polar surface area (TPSA) is 37.3 Å². The maximum absolute atomic E-state index is 13.7. The fraction of sp³-hybridized carbons (Fsp3) is 0.0625. The summed E-state index contributed by atoms with van der Waals surface area (Å²) in [6, 6.07) is 10.0. The summed E-state index contributed by atoms with van der Waals surface area (Å²) in [6.07, 6.45) is 3.30. The standard InChI is InChI=1S/C16H12F2O2S/c1-21-12-5-2-10(3-6-12)8-14(16(19)20)13-7-4-11(17)9-15(13)18/h2-9H,1H3,(H,19,20). The van der Waals surface area contributed by atoms with Crippen LogP contribution in [0, 0.1) is 11.6 Å². The van der Waals surface area contributed by atoms with E-state index in [1.165, 1.54) is 6.08 Å². The minimum Gasteiger partial charge on any atom is -0.478 e. The molecule has 0 aliphatic carbocycles. The third-order valence-corrected chi connectivity index (χ3v) is 3.62. The fourth-order valence-electron chi connectivity index (χ4n) is 1.83. The van der Waals surface area contributed by atoms with E-state index >= 15 is 0 Å². The van der Waals surface area contributed by atoms with E-state index in [0.29, 0.717) is 11.6 Å². The highest BCUT2D eigenvalue weighted by molar-refractivity contribution is 7.98. The molecule has 2 aromatic rings. The summed E-state index contributed by atoms with van der Waals surface area (Å²) < 4.78 is 26.6. The largest absolute Gasteiger partial charge is 0.478 e. The first-order valence-electron chi connectivity index (χ1n) is 6.05. The number of hydrogen-bond acceptors (Lipinski definition) is 2. The number of hydrogen-bond donors (Lipinski definition) is 1. The van der Waals surface area contributed by atoms with E-state index in [0.717, 1.165) is 17.0 Å². The van der Waals surface area contributed by atoms with Gasteiger partial charge in [0.15, 0.2) is 0 Å².